The van der Waals surface area contributed by atoms with Crippen LogP contribution in [0.1, 0.15) is 32.4 Å². The van der Waals surface area contributed by atoms with E-state index in [1.54, 1.807) is 22.6 Å². The molecule has 11 heteroatoms. The first-order valence-corrected chi connectivity index (χ1v) is 7.76. The van der Waals surface area contributed by atoms with Crippen molar-refractivity contribution in [3.63, 3.8) is 0 Å². The van der Waals surface area contributed by atoms with Crippen LogP contribution >= 0.6 is 0 Å². The maximum absolute atomic E-state index is 4.70. The first-order valence-electron chi connectivity index (χ1n) is 7.76. The summed E-state index contributed by atoms with van der Waals surface area (Å²) in [5.74, 6) is 1.36. The second-order valence-corrected chi connectivity index (χ2v) is 6.75. The van der Waals surface area contributed by atoms with Gasteiger partial charge in [0.1, 0.15) is 18.1 Å². The molecular formula is C14H17N11. The lowest BCUT2D eigenvalue weighted by Gasteiger charge is -2.17. The van der Waals surface area contributed by atoms with Crippen LogP contribution in [0.25, 0.3) is 22.6 Å². The van der Waals surface area contributed by atoms with Gasteiger partial charge in [0.05, 0.1) is 5.69 Å². The number of fused-ring (bicyclic) bond motifs is 1. The average Bonchev–Trinajstić information content (AvgIpc) is 3.29. The predicted molar refractivity (Wildman–Crippen MR) is 87.3 cm³/mol. The highest BCUT2D eigenvalue weighted by Gasteiger charge is 2.24. The van der Waals surface area contributed by atoms with Crippen molar-refractivity contribution in [1.82, 2.24) is 55.4 Å². The van der Waals surface area contributed by atoms with E-state index in [2.05, 4.69) is 56.8 Å². The van der Waals surface area contributed by atoms with Crippen molar-refractivity contribution in [2.45, 2.75) is 32.7 Å². The van der Waals surface area contributed by atoms with Crippen LogP contribution in [-0.4, -0.2) is 55.4 Å². The molecule has 0 radical (unpaired) electrons. The largest absolute Gasteiger partial charge is 0.276 e. The minimum atomic E-state index is -0.232. The van der Waals surface area contributed by atoms with E-state index in [9.17, 15) is 0 Å². The van der Waals surface area contributed by atoms with Crippen LogP contribution < -0.4 is 0 Å². The minimum absolute atomic E-state index is 0.232. The van der Waals surface area contributed by atoms with E-state index < -0.39 is 0 Å². The zero-order chi connectivity index (χ0) is 17.6. The molecule has 0 amide bonds. The highest BCUT2D eigenvalue weighted by Crippen LogP contribution is 2.27. The molecule has 11 nitrogen and oxygen atoms in total. The standard InChI is InChI=1S/C14H17N11/c1-14(2,3)13-16-10(8-5-6-15-18-8)11-12(17-13)25(22-20-11)7-9-19-21-23-24(9)4/h5-6H,7H2,1-4H3,(H,15,18). The Kier molecular flexibility index (Phi) is 3.30. The Labute approximate surface area is 142 Å². The number of tetrazole rings is 1. The molecule has 25 heavy (non-hydrogen) atoms. The van der Waals surface area contributed by atoms with Gasteiger partial charge in [0.25, 0.3) is 0 Å². The van der Waals surface area contributed by atoms with E-state index in [4.69, 9.17) is 9.97 Å². The summed E-state index contributed by atoms with van der Waals surface area (Å²) in [5, 5.41) is 26.9. The van der Waals surface area contributed by atoms with Crippen molar-refractivity contribution in [2.24, 2.45) is 7.05 Å². The van der Waals surface area contributed by atoms with E-state index in [0.717, 1.165) is 5.69 Å². The van der Waals surface area contributed by atoms with Gasteiger partial charge in [-0.2, -0.15) is 5.10 Å². The molecule has 4 heterocycles. The summed E-state index contributed by atoms with van der Waals surface area (Å²) in [6, 6.07) is 1.85. The van der Waals surface area contributed by atoms with E-state index in [-0.39, 0.29) is 5.41 Å². The third kappa shape index (κ3) is 2.62. The van der Waals surface area contributed by atoms with Crippen LogP contribution in [0.3, 0.4) is 0 Å². The normalized spacial score (nSPS) is 12.2. The summed E-state index contributed by atoms with van der Waals surface area (Å²) >= 11 is 0. The molecule has 0 saturated heterocycles. The molecule has 0 atom stereocenters. The molecular weight excluding hydrogens is 322 g/mol. The Morgan fingerprint density at radius 2 is 1.96 bits per heavy atom. The summed E-state index contributed by atoms with van der Waals surface area (Å²) in [5.41, 5.74) is 2.45. The van der Waals surface area contributed by atoms with Crippen LogP contribution in [0.15, 0.2) is 12.3 Å². The number of H-pyrrole nitrogens is 1. The molecule has 0 saturated carbocycles. The third-order valence-corrected chi connectivity index (χ3v) is 3.79. The highest BCUT2D eigenvalue weighted by atomic mass is 15.5. The highest BCUT2D eigenvalue weighted by molar-refractivity contribution is 5.85. The van der Waals surface area contributed by atoms with Gasteiger partial charge < -0.3 is 0 Å². The summed E-state index contributed by atoms with van der Waals surface area (Å²) in [4.78, 5) is 9.40. The lowest BCUT2D eigenvalue weighted by Crippen LogP contribution is -2.18. The average molecular weight is 339 g/mol. The molecule has 0 fully saturated rings. The van der Waals surface area contributed by atoms with Gasteiger partial charge in [-0.05, 0) is 16.5 Å². The molecule has 0 unspecified atom stereocenters. The van der Waals surface area contributed by atoms with Gasteiger partial charge in [-0.3, -0.25) is 5.10 Å². The van der Waals surface area contributed by atoms with Crippen LogP contribution in [0.2, 0.25) is 0 Å². The van der Waals surface area contributed by atoms with Crippen molar-refractivity contribution in [2.75, 3.05) is 0 Å². The molecule has 0 spiro atoms. The van der Waals surface area contributed by atoms with Gasteiger partial charge in [0.15, 0.2) is 17.0 Å². The molecule has 0 aliphatic carbocycles. The van der Waals surface area contributed by atoms with Gasteiger partial charge >= 0.3 is 0 Å². The van der Waals surface area contributed by atoms with Crippen LogP contribution in [-0.2, 0) is 19.0 Å². The van der Waals surface area contributed by atoms with Crippen LogP contribution in [0.4, 0.5) is 0 Å². The first-order chi connectivity index (χ1) is 11.9. The number of aromatic nitrogens is 11. The number of rotatable bonds is 3. The number of hydrogen-bond acceptors (Lipinski definition) is 8. The van der Waals surface area contributed by atoms with Crippen molar-refractivity contribution < 1.29 is 0 Å². The van der Waals surface area contributed by atoms with Crippen LogP contribution in [0.5, 0.6) is 0 Å². The molecule has 0 aromatic carbocycles. The van der Waals surface area contributed by atoms with Crippen molar-refractivity contribution in [3.05, 3.63) is 23.9 Å². The number of aromatic amines is 1. The Morgan fingerprint density at radius 3 is 2.60 bits per heavy atom. The number of nitrogens with one attached hydrogen (secondary N) is 1. The Morgan fingerprint density at radius 1 is 1.12 bits per heavy atom. The zero-order valence-electron chi connectivity index (χ0n) is 14.3. The Bertz CT molecular complexity index is 1020. The fraction of sp³-hybridized carbons (Fsp3) is 0.429. The summed E-state index contributed by atoms with van der Waals surface area (Å²) in [6.07, 6.45) is 1.68. The summed E-state index contributed by atoms with van der Waals surface area (Å²) in [7, 11) is 1.78. The SMILES string of the molecule is Cn1nnnc1Cn1nnc2c(-c3ccn[nH]3)nc(C(C)(C)C)nc21. The molecule has 1 N–H and O–H groups in total. The fourth-order valence-corrected chi connectivity index (χ4v) is 2.39. The number of hydrogen-bond donors (Lipinski definition) is 1. The molecule has 0 bridgehead atoms. The zero-order valence-corrected chi connectivity index (χ0v) is 14.3. The Hall–Kier alpha value is -3.24. The third-order valence-electron chi connectivity index (χ3n) is 3.79. The molecule has 128 valence electrons. The van der Waals surface area contributed by atoms with Gasteiger partial charge in [0.2, 0.25) is 0 Å². The first kappa shape index (κ1) is 15.3. The van der Waals surface area contributed by atoms with Crippen molar-refractivity contribution >= 4 is 11.2 Å². The molecule has 0 aliphatic heterocycles. The molecule has 4 rings (SSSR count). The topological polar surface area (TPSA) is 129 Å². The fourth-order valence-electron chi connectivity index (χ4n) is 2.39. The second kappa shape index (κ2) is 5.40. The lowest BCUT2D eigenvalue weighted by molar-refractivity contribution is 0.544. The van der Waals surface area contributed by atoms with E-state index in [1.807, 2.05) is 6.07 Å². The van der Waals surface area contributed by atoms with E-state index in [1.165, 1.54) is 0 Å². The van der Waals surface area contributed by atoms with Gasteiger partial charge in [-0.25, -0.2) is 19.3 Å². The molecule has 4 aromatic heterocycles. The maximum Gasteiger partial charge on any atom is 0.183 e. The van der Waals surface area contributed by atoms with Gasteiger partial charge in [0, 0.05) is 18.7 Å². The monoisotopic (exact) mass is 339 g/mol. The second-order valence-electron chi connectivity index (χ2n) is 6.75. The van der Waals surface area contributed by atoms with E-state index >= 15 is 0 Å². The van der Waals surface area contributed by atoms with E-state index in [0.29, 0.717) is 35.1 Å². The quantitative estimate of drug-likeness (QED) is 0.570. The van der Waals surface area contributed by atoms with Crippen molar-refractivity contribution in [1.29, 1.82) is 0 Å². The van der Waals surface area contributed by atoms with Crippen molar-refractivity contribution in [3.8, 4) is 11.4 Å². The van der Waals surface area contributed by atoms with Gasteiger partial charge in [-0.15, -0.1) is 10.2 Å². The van der Waals surface area contributed by atoms with Gasteiger partial charge in [-0.1, -0.05) is 26.0 Å². The Balaban J connectivity index is 1.92. The summed E-state index contributed by atoms with van der Waals surface area (Å²) in [6.45, 7) is 6.55. The predicted octanol–water partition coefficient (Wildman–Crippen LogP) is 0.481. The molecule has 0 aliphatic rings. The number of aryl methyl sites for hydroxylation is 1. The van der Waals surface area contributed by atoms with Crippen LogP contribution in [0, 0.1) is 0 Å². The number of nitrogens with zero attached hydrogens (tertiary/aromatic N) is 10. The minimum Gasteiger partial charge on any atom is -0.276 e. The maximum atomic E-state index is 4.70. The summed E-state index contributed by atoms with van der Waals surface area (Å²) < 4.78 is 3.27. The molecule has 4 aromatic rings. The smallest absolute Gasteiger partial charge is 0.183 e. The lowest BCUT2D eigenvalue weighted by atomic mass is 9.95.